The van der Waals surface area contributed by atoms with E-state index in [0.29, 0.717) is 24.4 Å². The van der Waals surface area contributed by atoms with Crippen LogP contribution < -0.4 is 5.32 Å². The monoisotopic (exact) mass is 401 g/mol. The zero-order chi connectivity index (χ0) is 20.9. The SMILES string of the molecule is COC(=O)CCc1ccc([C@H]2CC[C@@H](N[C@H](C)c3cccc4ccccc34)C2)cc1. The summed E-state index contributed by atoms with van der Waals surface area (Å²) in [4.78, 5) is 11.3. The molecule has 1 aliphatic carbocycles. The van der Waals surface area contributed by atoms with E-state index in [1.807, 2.05) is 0 Å². The highest BCUT2D eigenvalue weighted by atomic mass is 16.5. The van der Waals surface area contributed by atoms with Gasteiger partial charge in [-0.1, -0.05) is 66.7 Å². The summed E-state index contributed by atoms with van der Waals surface area (Å²) in [6.45, 7) is 2.28. The van der Waals surface area contributed by atoms with Gasteiger partial charge in [0.15, 0.2) is 0 Å². The Morgan fingerprint density at radius 1 is 1.03 bits per heavy atom. The predicted molar refractivity (Wildman–Crippen MR) is 123 cm³/mol. The molecule has 156 valence electrons. The van der Waals surface area contributed by atoms with Crippen molar-refractivity contribution in [3.05, 3.63) is 83.4 Å². The molecule has 1 aliphatic rings. The van der Waals surface area contributed by atoms with Gasteiger partial charge in [-0.3, -0.25) is 4.79 Å². The van der Waals surface area contributed by atoms with E-state index in [2.05, 4.69) is 79.0 Å². The summed E-state index contributed by atoms with van der Waals surface area (Å²) >= 11 is 0. The number of methoxy groups -OCH3 is 1. The molecule has 0 bridgehead atoms. The first-order valence-corrected chi connectivity index (χ1v) is 11.0. The Morgan fingerprint density at radius 2 is 1.80 bits per heavy atom. The minimum absolute atomic E-state index is 0.149. The van der Waals surface area contributed by atoms with E-state index in [9.17, 15) is 4.79 Å². The van der Waals surface area contributed by atoms with Crippen LogP contribution in [0.25, 0.3) is 10.8 Å². The van der Waals surface area contributed by atoms with Gasteiger partial charge in [-0.15, -0.1) is 0 Å². The summed E-state index contributed by atoms with van der Waals surface area (Å²) < 4.78 is 4.73. The standard InChI is InChI=1S/C27H31NO2/c1-19(25-9-5-7-22-6-3-4-8-26(22)25)28-24-16-15-23(18-24)21-13-10-20(11-14-21)12-17-27(29)30-2/h3-11,13-14,19,23-24,28H,12,15-18H2,1-2H3/t19-,23+,24-/m1/s1. The Labute approximate surface area is 179 Å². The highest BCUT2D eigenvalue weighted by Gasteiger charge is 2.27. The van der Waals surface area contributed by atoms with Crippen molar-refractivity contribution in [3.8, 4) is 0 Å². The number of hydrogen-bond donors (Lipinski definition) is 1. The minimum atomic E-state index is -0.149. The summed E-state index contributed by atoms with van der Waals surface area (Å²) in [6.07, 6.45) is 4.80. The van der Waals surface area contributed by atoms with Crippen LogP contribution in [0.4, 0.5) is 0 Å². The highest BCUT2D eigenvalue weighted by Crippen LogP contribution is 2.36. The Kier molecular flexibility index (Phi) is 6.49. The molecule has 0 spiro atoms. The van der Waals surface area contributed by atoms with E-state index in [0.717, 1.165) is 6.42 Å². The van der Waals surface area contributed by atoms with E-state index in [-0.39, 0.29) is 5.97 Å². The number of fused-ring (bicyclic) bond motifs is 1. The molecule has 3 aromatic rings. The van der Waals surface area contributed by atoms with Crippen LogP contribution in [-0.4, -0.2) is 19.1 Å². The van der Waals surface area contributed by atoms with Crippen molar-refractivity contribution >= 4 is 16.7 Å². The van der Waals surface area contributed by atoms with Gasteiger partial charge in [-0.2, -0.15) is 0 Å². The van der Waals surface area contributed by atoms with Crippen LogP contribution in [-0.2, 0) is 16.0 Å². The van der Waals surface area contributed by atoms with E-state index < -0.39 is 0 Å². The second-order valence-electron chi connectivity index (χ2n) is 8.48. The van der Waals surface area contributed by atoms with Crippen molar-refractivity contribution in [1.29, 1.82) is 0 Å². The van der Waals surface area contributed by atoms with Crippen LogP contribution in [0.15, 0.2) is 66.7 Å². The second kappa shape index (κ2) is 9.44. The smallest absolute Gasteiger partial charge is 0.305 e. The highest BCUT2D eigenvalue weighted by molar-refractivity contribution is 5.86. The number of hydrogen-bond acceptors (Lipinski definition) is 3. The number of aryl methyl sites for hydroxylation is 1. The molecule has 1 N–H and O–H groups in total. The summed E-state index contributed by atoms with van der Waals surface area (Å²) in [5, 5.41) is 6.54. The summed E-state index contributed by atoms with van der Waals surface area (Å²) in [6, 6.07) is 24.9. The van der Waals surface area contributed by atoms with E-state index >= 15 is 0 Å². The second-order valence-corrected chi connectivity index (χ2v) is 8.48. The maximum atomic E-state index is 11.3. The summed E-state index contributed by atoms with van der Waals surface area (Å²) in [5.41, 5.74) is 3.99. The van der Waals surface area contributed by atoms with Gasteiger partial charge in [0, 0.05) is 18.5 Å². The van der Waals surface area contributed by atoms with Crippen LogP contribution in [0, 0.1) is 0 Å². The number of nitrogens with one attached hydrogen (secondary N) is 1. The molecule has 4 rings (SSSR count). The molecule has 0 unspecified atom stereocenters. The lowest BCUT2D eigenvalue weighted by atomic mass is 9.95. The molecule has 1 fully saturated rings. The Balaban J connectivity index is 1.35. The van der Waals surface area contributed by atoms with Gasteiger partial charge in [0.05, 0.1) is 7.11 Å². The average molecular weight is 402 g/mol. The molecule has 0 aliphatic heterocycles. The fourth-order valence-electron chi connectivity index (χ4n) is 4.81. The van der Waals surface area contributed by atoms with Crippen molar-refractivity contribution in [1.82, 2.24) is 5.32 Å². The molecule has 0 aromatic heterocycles. The Bertz CT molecular complexity index is 990. The molecule has 0 heterocycles. The maximum absolute atomic E-state index is 11.3. The molecule has 0 radical (unpaired) electrons. The van der Waals surface area contributed by atoms with Crippen molar-refractivity contribution in [2.45, 2.75) is 57.0 Å². The summed E-state index contributed by atoms with van der Waals surface area (Å²) in [7, 11) is 1.44. The molecular formula is C27H31NO2. The third-order valence-corrected chi connectivity index (χ3v) is 6.50. The number of rotatable bonds is 7. The third kappa shape index (κ3) is 4.73. The number of benzene rings is 3. The topological polar surface area (TPSA) is 38.3 Å². The molecule has 0 saturated heterocycles. The van der Waals surface area contributed by atoms with Crippen molar-refractivity contribution in [2.75, 3.05) is 7.11 Å². The molecule has 3 aromatic carbocycles. The molecule has 3 nitrogen and oxygen atoms in total. The van der Waals surface area contributed by atoms with Crippen LogP contribution in [0.2, 0.25) is 0 Å². The zero-order valence-electron chi connectivity index (χ0n) is 17.9. The van der Waals surface area contributed by atoms with Crippen molar-refractivity contribution < 1.29 is 9.53 Å². The third-order valence-electron chi connectivity index (χ3n) is 6.50. The summed E-state index contributed by atoms with van der Waals surface area (Å²) in [5.74, 6) is 0.459. The predicted octanol–water partition coefficient (Wildman–Crippen LogP) is 5.93. The van der Waals surface area contributed by atoms with Gasteiger partial charge in [0.2, 0.25) is 0 Å². The first-order valence-electron chi connectivity index (χ1n) is 11.0. The van der Waals surface area contributed by atoms with Crippen molar-refractivity contribution in [2.24, 2.45) is 0 Å². The van der Waals surface area contributed by atoms with Crippen LogP contribution in [0.1, 0.15) is 61.3 Å². The fraction of sp³-hybridized carbons (Fsp3) is 0.370. The molecule has 3 atom stereocenters. The quantitative estimate of drug-likeness (QED) is 0.499. The van der Waals surface area contributed by atoms with Gasteiger partial charge >= 0.3 is 5.97 Å². The number of carbonyl (C=O) groups is 1. The molecule has 30 heavy (non-hydrogen) atoms. The number of esters is 1. The first kappa shape index (κ1) is 20.6. The van der Waals surface area contributed by atoms with Gasteiger partial charge in [-0.05, 0) is 66.0 Å². The Hall–Kier alpha value is -2.65. The van der Waals surface area contributed by atoms with E-state index in [1.54, 1.807) is 0 Å². The first-order chi connectivity index (χ1) is 14.6. The van der Waals surface area contributed by atoms with Gasteiger partial charge in [0.1, 0.15) is 0 Å². The lowest BCUT2D eigenvalue weighted by Crippen LogP contribution is -2.29. The molecule has 1 saturated carbocycles. The fourth-order valence-corrected chi connectivity index (χ4v) is 4.81. The van der Waals surface area contributed by atoms with Crippen LogP contribution >= 0.6 is 0 Å². The maximum Gasteiger partial charge on any atom is 0.305 e. The zero-order valence-corrected chi connectivity index (χ0v) is 17.9. The van der Waals surface area contributed by atoms with E-state index in [1.165, 1.54) is 53.8 Å². The lowest BCUT2D eigenvalue weighted by Gasteiger charge is -2.21. The number of carbonyl (C=O) groups excluding carboxylic acids is 1. The average Bonchev–Trinajstić information content (AvgIpc) is 3.25. The minimum Gasteiger partial charge on any atom is -0.469 e. The molecule has 0 amide bonds. The van der Waals surface area contributed by atoms with E-state index in [4.69, 9.17) is 4.74 Å². The normalized spacial score (nSPS) is 19.7. The lowest BCUT2D eigenvalue weighted by molar-refractivity contribution is -0.140. The van der Waals surface area contributed by atoms with Crippen LogP contribution in [0.3, 0.4) is 0 Å². The number of ether oxygens (including phenoxy) is 1. The molecular weight excluding hydrogens is 370 g/mol. The van der Waals surface area contributed by atoms with Gasteiger partial charge < -0.3 is 10.1 Å². The largest absolute Gasteiger partial charge is 0.469 e. The van der Waals surface area contributed by atoms with Crippen molar-refractivity contribution in [3.63, 3.8) is 0 Å². The van der Waals surface area contributed by atoms with Gasteiger partial charge in [0.25, 0.3) is 0 Å². The van der Waals surface area contributed by atoms with Crippen LogP contribution in [0.5, 0.6) is 0 Å². The Morgan fingerprint density at radius 3 is 2.60 bits per heavy atom. The molecule has 3 heteroatoms. The van der Waals surface area contributed by atoms with Gasteiger partial charge in [-0.25, -0.2) is 0 Å².